The fourth-order valence-electron chi connectivity index (χ4n) is 3.52. The van der Waals surface area contributed by atoms with E-state index in [4.69, 9.17) is 0 Å². The van der Waals surface area contributed by atoms with Gasteiger partial charge in [-0.3, -0.25) is 18.8 Å². The van der Waals surface area contributed by atoms with Crippen LogP contribution in [0.2, 0.25) is 0 Å². The van der Waals surface area contributed by atoms with Gasteiger partial charge in [0.2, 0.25) is 5.91 Å². The topological polar surface area (TPSA) is 81.8 Å². The van der Waals surface area contributed by atoms with Crippen LogP contribution in [-0.2, 0) is 24.8 Å². The van der Waals surface area contributed by atoms with E-state index < -0.39 is 0 Å². The van der Waals surface area contributed by atoms with E-state index in [-0.39, 0.29) is 30.0 Å². The van der Waals surface area contributed by atoms with Crippen molar-refractivity contribution in [2.24, 2.45) is 18.9 Å². The molecule has 0 spiro atoms. The van der Waals surface area contributed by atoms with Crippen LogP contribution in [0.1, 0.15) is 44.9 Å². The van der Waals surface area contributed by atoms with E-state index in [9.17, 15) is 9.59 Å². The van der Waals surface area contributed by atoms with Gasteiger partial charge >= 0.3 is 0 Å². The maximum atomic E-state index is 12.7. The number of rotatable bonds is 7. The molecule has 1 amide bonds. The predicted octanol–water partition coefficient (Wildman–Crippen LogP) is 2.84. The number of nitrogens with zero attached hydrogens (tertiary/aromatic N) is 4. The number of hydrogen-bond acceptors (Lipinski definition) is 4. The van der Waals surface area contributed by atoms with Crippen LogP contribution in [0, 0.1) is 11.8 Å². The summed E-state index contributed by atoms with van der Waals surface area (Å²) < 4.78 is 2.86. The van der Waals surface area contributed by atoms with Crippen molar-refractivity contribution in [1.29, 1.82) is 0 Å². The van der Waals surface area contributed by atoms with Crippen molar-refractivity contribution in [2.75, 3.05) is 0 Å². The van der Waals surface area contributed by atoms with Gasteiger partial charge in [-0.1, -0.05) is 52.0 Å². The van der Waals surface area contributed by atoms with Crippen LogP contribution in [0.15, 0.2) is 41.6 Å². The molecule has 0 bridgehead atoms. The minimum absolute atomic E-state index is 0.0781. The maximum absolute atomic E-state index is 12.7. The number of benzene rings is 1. The minimum atomic E-state index is -0.266. The summed E-state index contributed by atoms with van der Waals surface area (Å²) in [6, 6.07) is 8.29. The number of carbonyl (C=O) groups is 1. The van der Waals surface area contributed by atoms with Gasteiger partial charge < -0.3 is 5.32 Å². The molecular formula is C22H29N5O2. The van der Waals surface area contributed by atoms with E-state index in [1.807, 2.05) is 0 Å². The average molecular weight is 396 g/mol. The van der Waals surface area contributed by atoms with Crippen LogP contribution in [0.5, 0.6) is 0 Å². The van der Waals surface area contributed by atoms with E-state index in [1.54, 1.807) is 11.7 Å². The van der Waals surface area contributed by atoms with Gasteiger partial charge in [-0.15, -0.1) is 0 Å². The van der Waals surface area contributed by atoms with Crippen LogP contribution in [-0.4, -0.2) is 25.2 Å². The Morgan fingerprint density at radius 1 is 1.14 bits per heavy atom. The van der Waals surface area contributed by atoms with Crippen molar-refractivity contribution in [1.82, 2.24) is 24.6 Å². The zero-order valence-corrected chi connectivity index (χ0v) is 17.7. The van der Waals surface area contributed by atoms with Crippen LogP contribution in [0.3, 0.4) is 0 Å². The van der Waals surface area contributed by atoms with Crippen LogP contribution in [0.25, 0.3) is 11.0 Å². The molecule has 29 heavy (non-hydrogen) atoms. The first-order chi connectivity index (χ1) is 13.8. The molecule has 2 aromatic heterocycles. The molecule has 0 radical (unpaired) electrons. The summed E-state index contributed by atoms with van der Waals surface area (Å²) in [4.78, 5) is 29.5. The molecule has 1 atom stereocenters. The quantitative estimate of drug-likeness (QED) is 0.667. The summed E-state index contributed by atoms with van der Waals surface area (Å²) in [5, 5.41) is 7.53. The molecule has 154 valence electrons. The third-order valence-corrected chi connectivity index (χ3v) is 5.00. The van der Waals surface area contributed by atoms with Crippen molar-refractivity contribution < 1.29 is 4.79 Å². The molecule has 0 saturated carbocycles. The Balaban J connectivity index is 1.75. The molecule has 7 nitrogen and oxygen atoms in total. The zero-order chi connectivity index (χ0) is 21.1. The summed E-state index contributed by atoms with van der Waals surface area (Å²) in [7, 11) is 1.73. The SMILES string of the molecule is CC(C)Cc1ccc(C(NC(=O)Cn2cnc3c(cnn3C)c2=O)C(C)C)cc1. The lowest BCUT2D eigenvalue weighted by Crippen LogP contribution is -2.36. The molecular weight excluding hydrogens is 366 g/mol. The fourth-order valence-corrected chi connectivity index (χ4v) is 3.52. The van der Waals surface area contributed by atoms with Gasteiger partial charge in [-0.2, -0.15) is 5.10 Å². The van der Waals surface area contributed by atoms with Crippen molar-refractivity contribution in [3.8, 4) is 0 Å². The molecule has 1 N–H and O–H groups in total. The van der Waals surface area contributed by atoms with Gasteiger partial charge in [0.15, 0.2) is 5.65 Å². The lowest BCUT2D eigenvalue weighted by molar-refractivity contribution is -0.122. The van der Waals surface area contributed by atoms with Gasteiger partial charge in [-0.05, 0) is 29.4 Å². The molecule has 0 aliphatic rings. The summed E-state index contributed by atoms with van der Waals surface area (Å²) in [6.07, 6.45) is 3.91. The highest BCUT2D eigenvalue weighted by Crippen LogP contribution is 2.23. The Hall–Kier alpha value is -2.96. The lowest BCUT2D eigenvalue weighted by atomic mass is 9.93. The molecule has 2 heterocycles. The molecule has 0 aliphatic carbocycles. The number of aromatic nitrogens is 4. The Morgan fingerprint density at radius 3 is 2.45 bits per heavy atom. The lowest BCUT2D eigenvalue weighted by Gasteiger charge is -2.23. The highest BCUT2D eigenvalue weighted by atomic mass is 16.2. The average Bonchev–Trinajstić information content (AvgIpc) is 3.04. The van der Waals surface area contributed by atoms with Crippen molar-refractivity contribution in [3.63, 3.8) is 0 Å². The molecule has 1 aromatic carbocycles. The van der Waals surface area contributed by atoms with Crippen molar-refractivity contribution in [3.05, 3.63) is 58.3 Å². The van der Waals surface area contributed by atoms with E-state index in [1.165, 1.54) is 22.7 Å². The molecule has 0 fully saturated rings. The summed E-state index contributed by atoms with van der Waals surface area (Å²) in [5.74, 6) is 0.596. The van der Waals surface area contributed by atoms with E-state index in [2.05, 4.69) is 67.4 Å². The van der Waals surface area contributed by atoms with Crippen molar-refractivity contribution >= 4 is 16.9 Å². The predicted molar refractivity (Wildman–Crippen MR) is 113 cm³/mol. The summed E-state index contributed by atoms with van der Waals surface area (Å²) >= 11 is 0. The number of fused-ring (bicyclic) bond motifs is 1. The Kier molecular flexibility index (Phi) is 6.15. The first-order valence-corrected chi connectivity index (χ1v) is 10.0. The first kappa shape index (κ1) is 20.8. The summed E-state index contributed by atoms with van der Waals surface area (Å²) in [5.41, 5.74) is 2.60. The molecule has 1 unspecified atom stereocenters. The monoisotopic (exact) mass is 395 g/mol. The normalized spacial score (nSPS) is 12.7. The number of hydrogen-bond donors (Lipinski definition) is 1. The second-order valence-corrected chi connectivity index (χ2v) is 8.31. The number of nitrogens with one attached hydrogen (secondary N) is 1. The van der Waals surface area contributed by atoms with Crippen LogP contribution >= 0.6 is 0 Å². The highest BCUT2D eigenvalue weighted by molar-refractivity contribution is 5.77. The Morgan fingerprint density at radius 2 is 1.83 bits per heavy atom. The smallest absolute Gasteiger partial charge is 0.264 e. The van der Waals surface area contributed by atoms with Gasteiger partial charge in [0.05, 0.1) is 12.2 Å². The van der Waals surface area contributed by atoms with Gasteiger partial charge in [0.25, 0.3) is 5.56 Å². The second-order valence-electron chi connectivity index (χ2n) is 8.31. The van der Waals surface area contributed by atoms with Crippen LogP contribution in [0.4, 0.5) is 0 Å². The van der Waals surface area contributed by atoms with Gasteiger partial charge in [0.1, 0.15) is 18.3 Å². The van der Waals surface area contributed by atoms with Crippen molar-refractivity contribution in [2.45, 2.75) is 46.7 Å². The second kappa shape index (κ2) is 8.59. The van der Waals surface area contributed by atoms with E-state index in [0.717, 1.165) is 12.0 Å². The molecule has 0 aliphatic heterocycles. The number of carbonyl (C=O) groups excluding carboxylic acids is 1. The standard InChI is InChI=1S/C22H29N5O2/c1-14(2)10-16-6-8-17(9-7-16)20(15(3)4)25-19(28)12-27-13-23-21-18(22(27)29)11-24-26(21)5/h6-9,11,13-15,20H,10,12H2,1-5H3,(H,25,28). The summed E-state index contributed by atoms with van der Waals surface area (Å²) in [6.45, 7) is 8.46. The zero-order valence-electron chi connectivity index (χ0n) is 17.7. The van der Waals surface area contributed by atoms with Gasteiger partial charge in [-0.25, -0.2) is 4.98 Å². The number of amides is 1. The number of aryl methyl sites for hydroxylation is 1. The Labute approximate surface area is 170 Å². The largest absolute Gasteiger partial charge is 0.347 e. The third kappa shape index (κ3) is 4.72. The molecule has 3 rings (SSSR count). The van der Waals surface area contributed by atoms with E-state index >= 15 is 0 Å². The third-order valence-electron chi connectivity index (χ3n) is 5.00. The molecule has 0 saturated heterocycles. The van der Waals surface area contributed by atoms with Gasteiger partial charge in [0, 0.05) is 7.05 Å². The fraction of sp³-hybridized carbons (Fsp3) is 0.455. The first-order valence-electron chi connectivity index (χ1n) is 10.0. The van der Waals surface area contributed by atoms with E-state index in [0.29, 0.717) is 17.0 Å². The van der Waals surface area contributed by atoms with Crippen LogP contribution < -0.4 is 10.9 Å². The highest BCUT2D eigenvalue weighted by Gasteiger charge is 2.19. The maximum Gasteiger partial charge on any atom is 0.264 e. The molecule has 7 heteroatoms. The minimum Gasteiger partial charge on any atom is -0.347 e. The molecule has 3 aromatic rings. The Bertz CT molecular complexity index is 1050.